The molecule has 0 aromatic carbocycles. The molecule has 0 saturated heterocycles. The Morgan fingerprint density at radius 3 is 2.61 bits per heavy atom. The Balaban J connectivity index is 2.78. The lowest BCUT2D eigenvalue weighted by Gasteiger charge is -2.26. The lowest BCUT2D eigenvalue weighted by atomic mass is 9.89. The second kappa shape index (κ2) is 6.13. The monoisotopic (exact) mass is 256 g/mol. The topological polar surface area (TPSA) is 98.0 Å². The molecule has 18 heavy (non-hydrogen) atoms. The quantitative estimate of drug-likeness (QED) is 0.536. The molecule has 1 aliphatic rings. The van der Waals surface area contributed by atoms with E-state index >= 15 is 0 Å². The van der Waals surface area contributed by atoms with Crippen molar-refractivity contribution in [2.75, 3.05) is 0 Å². The summed E-state index contributed by atoms with van der Waals surface area (Å²) in [7, 11) is 0. The molecular weight excluding hydrogens is 236 g/mol. The van der Waals surface area contributed by atoms with E-state index in [1.807, 2.05) is 13.0 Å². The lowest BCUT2D eigenvalue weighted by Crippen LogP contribution is -2.52. The number of allylic oxidation sites excluding steroid dienone is 3. The fourth-order valence-corrected chi connectivity index (χ4v) is 2.13. The highest BCUT2D eigenvalue weighted by molar-refractivity contribution is 5.79. The third-order valence-electron chi connectivity index (χ3n) is 3.26. The molecule has 5 heteroatoms. The smallest absolute Gasteiger partial charge is 0.339 e. The first-order valence-electron chi connectivity index (χ1n) is 6.09. The average molecular weight is 256 g/mol. The van der Waals surface area contributed by atoms with Gasteiger partial charge in [0.05, 0.1) is 6.10 Å². The van der Waals surface area contributed by atoms with Crippen molar-refractivity contribution in [1.82, 2.24) is 0 Å². The van der Waals surface area contributed by atoms with E-state index in [1.54, 1.807) is 12.2 Å². The molecule has 1 fully saturated rings. The average Bonchev–Trinajstić information content (AvgIpc) is 2.55. The summed E-state index contributed by atoms with van der Waals surface area (Å²) in [6.45, 7) is 2.04. The van der Waals surface area contributed by atoms with Crippen LogP contribution in [0.2, 0.25) is 0 Å². The SMILES string of the molecule is CCCC=CC=CC1CC(O)C(O)C1(O)C(=O)O. The van der Waals surface area contributed by atoms with Crippen molar-refractivity contribution in [2.45, 2.75) is 44.0 Å². The van der Waals surface area contributed by atoms with Gasteiger partial charge in [-0.1, -0.05) is 37.6 Å². The summed E-state index contributed by atoms with van der Waals surface area (Å²) in [6.07, 6.45) is 5.93. The van der Waals surface area contributed by atoms with E-state index in [-0.39, 0.29) is 6.42 Å². The number of aliphatic carboxylic acids is 1. The molecule has 0 bridgehead atoms. The zero-order chi connectivity index (χ0) is 13.8. The Hall–Kier alpha value is -1.17. The summed E-state index contributed by atoms with van der Waals surface area (Å²) in [4.78, 5) is 11.1. The van der Waals surface area contributed by atoms with Crippen LogP contribution in [0.25, 0.3) is 0 Å². The summed E-state index contributed by atoms with van der Waals surface area (Å²) in [6, 6.07) is 0. The van der Waals surface area contributed by atoms with E-state index in [2.05, 4.69) is 0 Å². The van der Waals surface area contributed by atoms with E-state index in [9.17, 15) is 20.1 Å². The van der Waals surface area contributed by atoms with E-state index in [0.717, 1.165) is 12.8 Å². The van der Waals surface area contributed by atoms with Crippen LogP contribution in [0, 0.1) is 5.92 Å². The number of carboxylic acids is 1. The van der Waals surface area contributed by atoms with Crippen LogP contribution in [0.5, 0.6) is 0 Å². The fraction of sp³-hybridized carbons (Fsp3) is 0.615. The Bertz CT molecular complexity index is 349. The van der Waals surface area contributed by atoms with Crippen LogP contribution in [0.1, 0.15) is 26.2 Å². The van der Waals surface area contributed by atoms with Gasteiger partial charge in [0.15, 0.2) is 5.60 Å². The maximum atomic E-state index is 11.1. The predicted octanol–water partition coefficient (Wildman–Crippen LogP) is 0.456. The molecule has 4 atom stereocenters. The zero-order valence-electron chi connectivity index (χ0n) is 10.4. The number of aliphatic hydroxyl groups is 3. The number of hydrogen-bond acceptors (Lipinski definition) is 4. The molecule has 1 saturated carbocycles. The first-order valence-corrected chi connectivity index (χ1v) is 6.09. The summed E-state index contributed by atoms with van der Waals surface area (Å²) in [5.74, 6) is -2.31. The van der Waals surface area contributed by atoms with Crippen LogP contribution < -0.4 is 0 Å². The highest BCUT2D eigenvalue weighted by atomic mass is 16.4. The van der Waals surface area contributed by atoms with E-state index in [4.69, 9.17) is 5.11 Å². The van der Waals surface area contributed by atoms with Crippen molar-refractivity contribution < 1.29 is 25.2 Å². The molecule has 0 aromatic rings. The molecule has 5 nitrogen and oxygen atoms in total. The van der Waals surface area contributed by atoms with Gasteiger partial charge in [0.25, 0.3) is 0 Å². The van der Waals surface area contributed by atoms with E-state index in [0.29, 0.717) is 0 Å². The van der Waals surface area contributed by atoms with Gasteiger partial charge in [-0.3, -0.25) is 0 Å². The molecule has 4 unspecified atom stereocenters. The number of carbonyl (C=O) groups is 1. The second-order valence-corrected chi connectivity index (χ2v) is 4.59. The van der Waals surface area contributed by atoms with Crippen molar-refractivity contribution in [2.24, 2.45) is 5.92 Å². The molecule has 4 N–H and O–H groups in total. The van der Waals surface area contributed by atoms with Crippen molar-refractivity contribution in [3.8, 4) is 0 Å². The molecular formula is C13H20O5. The van der Waals surface area contributed by atoms with Crippen molar-refractivity contribution in [1.29, 1.82) is 0 Å². The molecule has 102 valence electrons. The van der Waals surface area contributed by atoms with Gasteiger partial charge < -0.3 is 20.4 Å². The van der Waals surface area contributed by atoms with Crippen LogP contribution in [-0.2, 0) is 4.79 Å². The Labute approximate surface area is 106 Å². The van der Waals surface area contributed by atoms with Gasteiger partial charge in [0, 0.05) is 5.92 Å². The second-order valence-electron chi connectivity index (χ2n) is 4.59. The van der Waals surface area contributed by atoms with E-state index in [1.165, 1.54) is 6.08 Å². The van der Waals surface area contributed by atoms with Gasteiger partial charge in [-0.05, 0) is 12.8 Å². The van der Waals surface area contributed by atoms with E-state index < -0.39 is 29.7 Å². The van der Waals surface area contributed by atoms with Gasteiger partial charge in [-0.25, -0.2) is 4.79 Å². The molecule has 0 amide bonds. The number of unbranched alkanes of at least 4 members (excludes halogenated alkanes) is 1. The molecule has 0 spiro atoms. The Morgan fingerprint density at radius 1 is 1.39 bits per heavy atom. The van der Waals surface area contributed by atoms with Gasteiger partial charge in [0.2, 0.25) is 0 Å². The minimum Gasteiger partial charge on any atom is -0.479 e. The standard InChI is InChI=1S/C13H20O5/c1-2-3-4-5-6-7-9-8-10(14)11(15)13(9,18)12(16)17/h4-7,9-11,14-15,18H,2-3,8H2,1H3,(H,16,17). The van der Waals surface area contributed by atoms with Gasteiger partial charge >= 0.3 is 5.97 Å². The van der Waals surface area contributed by atoms with Crippen LogP contribution >= 0.6 is 0 Å². The minimum atomic E-state index is -2.31. The third-order valence-corrected chi connectivity index (χ3v) is 3.26. The summed E-state index contributed by atoms with van der Waals surface area (Å²) in [5.41, 5.74) is -2.31. The molecule has 0 heterocycles. The Morgan fingerprint density at radius 2 is 2.06 bits per heavy atom. The molecule has 1 aliphatic carbocycles. The fourth-order valence-electron chi connectivity index (χ4n) is 2.13. The zero-order valence-corrected chi connectivity index (χ0v) is 10.4. The van der Waals surface area contributed by atoms with Crippen molar-refractivity contribution in [3.63, 3.8) is 0 Å². The van der Waals surface area contributed by atoms with Gasteiger partial charge in [-0.2, -0.15) is 0 Å². The summed E-state index contributed by atoms with van der Waals surface area (Å²) in [5, 5.41) is 38.0. The number of aliphatic hydroxyl groups excluding tert-OH is 2. The van der Waals surface area contributed by atoms with Gasteiger partial charge in [-0.15, -0.1) is 0 Å². The van der Waals surface area contributed by atoms with Crippen molar-refractivity contribution >= 4 is 5.97 Å². The number of carboxylic acid groups (broad SMARTS) is 1. The van der Waals surface area contributed by atoms with Crippen LogP contribution in [-0.4, -0.2) is 44.2 Å². The molecule has 0 aromatic heterocycles. The number of hydrogen-bond donors (Lipinski definition) is 4. The normalized spacial score (nSPS) is 36.8. The number of rotatable bonds is 5. The Kier molecular flexibility index (Phi) is 5.07. The first kappa shape index (κ1) is 14.9. The molecule has 0 radical (unpaired) electrons. The molecule has 1 rings (SSSR count). The maximum absolute atomic E-state index is 11.1. The maximum Gasteiger partial charge on any atom is 0.339 e. The largest absolute Gasteiger partial charge is 0.479 e. The lowest BCUT2D eigenvalue weighted by molar-refractivity contribution is -0.175. The highest BCUT2D eigenvalue weighted by Gasteiger charge is 2.57. The van der Waals surface area contributed by atoms with Crippen LogP contribution in [0.3, 0.4) is 0 Å². The third kappa shape index (κ3) is 2.80. The minimum absolute atomic E-state index is 0.0298. The van der Waals surface area contributed by atoms with Crippen LogP contribution in [0.15, 0.2) is 24.3 Å². The molecule has 0 aliphatic heterocycles. The predicted molar refractivity (Wildman–Crippen MR) is 65.9 cm³/mol. The van der Waals surface area contributed by atoms with Crippen LogP contribution in [0.4, 0.5) is 0 Å². The first-order chi connectivity index (χ1) is 8.44. The highest BCUT2D eigenvalue weighted by Crippen LogP contribution is 2.37. The van der Waals surface area contributed by atoms with Crippen molar-refractivity contribution in [3.05, 3.63) is 24.3 Å². The summed E-state index contributed by atoms with van der Waals surface area (Å²) < 4.78 is 0. The van der Waals surface area contributed by atoms with Gasteiger partial charge in [0.1, 0.15) is 6.10 Å². The summed E-state index contributed by atoms with van der Waals surface area (Å²) >= 11 is 0.